The number of nitrogens with zero attached hydrogens (tertiary/aromatic N) is 1. The summed E-state index contributed by atoms with van der Waals surface area (Å²) in [5.74, 6) is -1.38. The zero-order chi connectivity index (χ0) is 18.6. The van der Waals surface area contributed by atoms with Crippen LogP contribution in [0.5, 0.6) is 0 Å². The van der Waals surface area contributed by atoms with Gasteiger partial charge in [0.25, 0.3) is 0 Å². The van der Waals surface area contributed by atoms with E-state index in [4.69, 9.17) is 10.2 Å². The fourth-order valence-electron chi connectivity index (χ4n) is 2.33. The van der Waals surface area contributed by atoms with Crippen molar-refractivity contribution in [2.24, 2.45) is 5.16 Å². The van der Waals surface area contributed by atoms with Crippen molar-refractivity contribution in [2.45, 2.75) is 26.6 Å². The summed E-state index contributed by atoms with van der Waals surface area (Å²) in [4.78, 5) is 5.18. The molecule has 0 aliphatic heterocycles. The van der Waals surface area contributed by atoms with Gasteiger partial charge in [-0.3, -0.25) is 0 Å². The Kier molecular flexibility index (Phi) is 5.56. The minimum Gasteiger partial charge on any atom is -0.391 e. The molecule has 132 valence electrons. The summed E-state index contributed by atoms with van der Waals surface area (Å²) in [5.41, 5.74) is 0.654. The summed E-state index contributed by atoms with van der Waals surface area (Å²) < 4.78 is 52.3. The molecule has 0 aliphatic carbocycles. The van der Waals surface area contributed by atoms with E-state index in [0.717, 1.165) is 17.2 Å². The van der Waals surface area contributed by atoms with Gasteiger partial charge in [-0.1, -0.05) is 35.5 Å². The quantitative estimate of drug-likeness (QED) is 0.455. The monoisotopic (exact) mass is 352 g/mol. The molecule has 0 unspecified atom stereocenters. The number of nitrogens with one attached hydrogen (secondary N) is 1. The lowest BCUT2D eigenvalue weighted by atomic mass is 10.0. The highest BCUT2D eigenvalue weighted by Crippen LogP contribution is 2.32. The first kappa shape index (κ1) is 18.6. The summed E-state index contributed by atoms with van der Waals surface area (Å²) in [7, 11) is 0. The van der Waals surface area contributed by atoms with Crippen LogP contribution in [0.2, 0.25) is 0 Å². The minimum absolute atomic E-state index is 0.00594. The van der Waals surface area contributed by atoms with Gasteiger partial charge in [0.05, 0.1) is 11.3 Å². The number of hydrogen-bond acceptors (Lipinski definition) is 3. The van der Waals surface area contributed by atoms with Crippen molar-refractivity contribution in [3.05, 3.63) is 70.0 Å². The fraction of sp³-hybridized carbons (Fsp3) is 0.222. The van der Waals surface area contributed by atoms with E-state index in [-0.39, 0.29) is 17.9 Å². The minimum atomic E-state index is -4.78. The Bertz CT molecular complexity index is 813. The Morgan fingerprint density at radius 1 is 1.20 bits per heavy atom. The molecule has 0 radical (unpaired) electrons. The molecule has 0 bridgehead atoms. The molecule has 7 heteroatoms. The lowest BCUT2D eigenvalue weighted by Gasteiger charge is -2.11. The molecule has 25 heavy (non-hydrogen) atoms. The highest BCUT2D eigenvalue weighted by Gasteiger charge is 2.35. The van der Waals surface area contributed by atoms with Crippen LogP contribution in [0.25, 0.3) is 0 Å². The highest BCUT2D eigenvalue weighted by atomic mass is 19.4. The van der Waals surface area contributed by atoms with Crippen molar-refractivity contribution in [3.63, 3.8) is 0 Å². The van der Waals surface area contributed by atoms with E-state index in [9.17, 15) is 17.6 Å². The molecule has 2 aromatic rings. The fourth-order valence-corrected chi connectivity index (χ4v) is 2.33. The van der Waals surface area contributed by atoms with Crippen LogP contribution in [0, 0.1) is 18.2 Å². The molecule has 0 fully saturated rings. The highest BCUT2D eigenvalue weighted by molar-refractivity contribution is 5.98. The summed E-state index contributed by atoms with van der Waals surface area (Å²) in [6, 6.07) is 8.39. The summed E-state index contributed by atoms with van der Waals surface area (Å²) in [6.45, 7) is 3.23. The van der Waals surface area contributed by atoms with Crippen LogP contribution in [-0.4, -0.2) is 11.9 Å². The molecule has 0 saturated carbocycles. The topological polar surface area (TPSA) is 45.4 Å². The molecule has 0 spiro atoms. The molecule has 0 saturated heterocycles. The van der Waals surface area contributed by atoms with Crippen molar-refractivity contribution >= 4 is 11.9 Å². The SMILES string of the molecule is C/C(=N\OCc1c(C)cccc1C=N)c1cccc(C(F)(F)F)c1F. The third-order valence-electron chi connectivity index (χ3n) is 3.71. The normalized spacial score (nSPS) is 12.2. The van der Waals surface area contributed by atoms with Crippen LogP contribution in [-0.2, 0) is 17.6 Å². The van der Waals surface area contributed by atoms with Gasteiger partial charge in [-0.2, -0.15) is 13.2 Å². The first-order valence-electron chi connectivity index (χ1n) is 7.37. The molecule has 3 nitrogen and oxygen atoms in total. The van der Waals surface area contributed by atoms with Gasteiger partial charge in [0.1, 0.15) is 12.4 Å². The van der Waals surface area contributed by atoms with Crippen LogP contribution in [0.15, 0.2) is 41.6 Å². The molecule has 0 amide bonds. The van der Waals surface area contributed by atoms with Crippen molar-refractivity contribution < 1.29 is 22.4 Å². The molecular formula is C18H16F4N2O. The van der Waals surface area contributed by atoms with E-state index >= 15 is 0 Å². The van der Waals surface area contributed by atoms with Gasteiger partial charge in [-0.25, -0.2) is 4.39 Å². The maximum absolute atomic E-state index is 14.1. The molecule has 0 aliphatic rings. The maximum atomic E-state index is 14.1. The summed E-state index contributed by atoms with van der Waals surface area (Å²) in [5, 5.41) is 11.1. The Morgan fingerprint density at radius 3 is 2.52 bits per heavy atom. The second-order valence-corrected chi connectivity index (χ2v) is 5.40. The Labute approximate surface area is 142 Å². The first-order valence-corrected chi connectivity index (χ1v) is 7.37. The summed E-state index contributed by atoms with van der Waals surface area (Å²) >= 11 is 0. The third kappa shape index (κ3) is 4.23. The van der Waals surface area contributed by atoms with Gasteiger partial charge in [-0.15, -0.1) is 0 Å². The number of alkyl halides is 3. The molecule has 0 heterocycles. The second kappa shape index (κ2) is 7.46. The average Bonchev–Trinajstić information content (AvgIpc) is 2.55. The Hall–Kier alpha value is -2.70. The molecule has 2 rings (SSSR count). The number of benzene rings is 2. The molecule has 0 aromatic heterocycles. The number of aryl methyl sites for hydroxylation is 1. The van der Waals surface area contributed by atoms with Gasteiger partial charge in [0, 0.05) is 17.3 Å². The van der Waals surface area contributed by atoms with E-state index < -0.39 is 17.6 Å². The van der Waals surface area contributed by atoms with Crippen molar-refractivity contribution in [1.29, 1.82) is 5.41 Å². The first-order chi connectivity index (χ1) is 11.8. The van der Waals surface area contributed by atoms with Gasteiger partial charge in [0.2, 0.25) is 0 Å². The van der Waals surface area contributed by atoms with Crippen LogP contribution in [0.3, 0.4) is 0 Å². The number of oxime groups is 1. The lowest BCUT2D eigenvalue weighted by molar-refractivity contribution is -0.140. The van der Waals surface area contributed by atoms with E-state index in [1.165, 1.54) is 19.2 Å². The molecular weight excluding hydrogens is 336 g/mol. The molecule has 2 aromatic carbocycles. The predicted molar refractivity (Wildman–Crippen MR) is 87.5 cm³/mol. The molecule has 1 N–H and O–H groups in total. The zero-order valence-corrected chi connectivity index (χ0v) is 13.6. The smallest absolute Gasteiger partial charge is 0.391 e. The zero-order valence-electron chi connectivity index (χ0n) is 13.6. The Balaban J connectivity index is 2.23. The lowest BCUT2D eigenvalue weighted by Crippen LogP contribution is -2.12. The van der Waals surface area contributed by atoms with Crippen molar-refractivity contribution in [3.8, 4) is 0 Å². The number of halogens is 4. The average molecular weight is 352 g/mol. The Morgan fingerprint density at radius 2 is 1.88 bits per heavy atom. The van der Waals surface area contributed by atoms with Gasteiger partial charge in [0.15, 0.2) is 0 Å². The predicted octanol–water partition coefficient (Wildman–Crippen LogP) is 5.09. The summed E-state index contributed by atoms with van der Waals surface area (Å²) in [6.07, 6.45) is -3.60. The number of rotatable bonds is 5. The van der Waals surface area contributed by atoms with Gasteiger partial charge < -0.3 is 10.2 Å². The van der Waals surface area contributed by atoms with Crippen molar-refractivity contribution in [1.82, 2.24) is 0 Å². The largest absolute Gasteiger partial charge is 0.419 e. The van der Waals surface area contributed by atoms with Crippen LogP contribution < -0.4 is 0 Å². The van der Waals surface area contributed by atoms with Crippen LogP contribution >= 0.6 is 0 Å². The van der Waals surface area contributed by atoms with E-state index in [0.29, 0.717) is 11.6 Å². The van der Waals surface area contributed by atoms with Crippen LogP contribution in [0.4, 0.5) is 17.6 Å². The van der Waals surface area contributed by atoms with Crippen molar-refractivity contribution in [2.75, 3.05) is 0 Å². The second-order valence-electron chi connectivity index (χ2n) is 5.40. The van der Waals surface area contributed by atoms with E-state index in [2.05, 4.69) is 5.16 Å². The van der Waals surface area contributed by atoms with E-state index in [1.807, 2.05) is 13.0 Å². The number of hydrogen-bond donors (Lipinski definition) is 1. The van der Waals surface area contributed by atoms with Crippen LogP contribution in [0.1, 0.15) is 34.7 Å². The maximum Gasteiger partial charge on any atom is 0.419 e. The van der Waals surface area contributed by atoms with E-state index in [1.54, 1.807) is 12.1 Å². The molecule has 0 atom stereocenters. The van der Waals surface area contributed by atoms with Gasteiger partial charge >= 0.3 is 6.18 Å². The van der Waals surface area contributed by atoms with Gasteiger partial charge in [-0.05, 0) is 31.0 Å². The standard InChI is InChI=1S/C18H16F4N2O/c1-11-5-3-6-13(9-23)15(11)10-25-24-12(2)14-7-4-8-16(17(14)19)18(20,21)22/h3-9,23H,10H2,1-2H3/b23-9?,24-12+. The third-order valence-corrected chi connectivity index (χ3v) is 3.71.